The Morgan fingerprint density at radius 1 is 1.18 bits per heavy atom. The van der Waals surface area contributed by atoms with Crippen LogP contribution in [0.15, 0.2) is 46.0 Å². The zero-order chi connectivity index (χ0) is 20.1. The van der Waals surface area contributed by atoms with E-state index in [1.165, 1.54) is 0 Å². The number of furan rings is 1. The summed E-state index contributed by atoms with van der Waals surface area (Å²) in [4.78, 5) is 2.18. The van der Waals surface area contributed by atoms with E-state index in [1.54, 1.807) is 18.9 Å². The average Bonchev–Trinajstić information content (AvgIpc) is 3.25. The van der Waals surface area contributed by atoms with Gasteiger partial charge >= 0.3 is 0 Å². The van der Waals surface area contributed by atoms with Crippen LogP contribution in [0.2, 0.25) is 0 Å². The first-order valence-corrected chi connectivity index (χ1v) is 10.4. The number of rotatable bonds is 9. The van der Waals surface area contributed by atoms with Crippen LogP contribution in [0.25, 0.3) is 5.69 Å². The summed E-state index contributed by atoms with van der Waals surface area (Å²) in [5.74, 6) is 5.15. The Morgan fingerprint density at radius 2 is 2.00 bits per heavy atom. The molecule has 0 saturated carbocycles. The van der Waals surface area contributed by atoms with Crippen LogP contribution in [0.4, 0.5) is 0 Å². The van der Waals surface area contributed by atoms with Crippen molar-refractivity contribution >= 4 is 11.8 Å². The molecule has 0 spiro atoms. The summed E-state index contributed by atoms with van der Waals surface area (Å²) in [6.45, 7) is 7.75. The molecule has 0 aliphatic rings. The summed E-state index contributed by atoms with van der Waals surface area (Å²) in [5, 5.41) is 9.86. The van der Waals surface area contributed by atoms with Gasteiger partial charge in [-0.05, 0) is 44.2 Å². The van der Waals surface area contributed by atoms with Crippen LogP contribution in [-0.2, 0) is 13.1 Å². The number of aryl methyl sites for hydroxylation is 1. The normalized spacial score (nSPS) is 11.5. The second-order valence-electron chi connectivity index (χ2n) is 7.33. The van der Waals surface area contributed by atoms with E-state index in [2.05, 4.69) is 46.6 Å². The Balaban J connectivity index is 1.86. The van der Waals surface area contributed by atoms with Gasteiger partial charge in [-0.1, -0.05) is 31.7 Å². The van der Waals surface area contributed by atoms with Crippen LogP contribution in [0.3, 0.4) is 0 Å². The summed E-state index contributed by atoms with van der Waals surface area (Å²) < 4.78 is 13.2. The van der Waals surface area contributed by atoms with Crippen LogP contribution in [0, 0.1) is 12.8 Å². The average molecular weight is 401 g/mol. The fourth-order valence-electron chi connectivity index (χ4n) is 2.88. The van der Waals surface area contributed by atoms with E-state index in [0.29, 0.717) is 19.0 Å². The summed E-state index contributed by atoms with van der Waals surface area (Å²) in [6, 6.07) is 12.0. The number of nitrogens with zero attached hydrogens (tertiary/aromatic N) is 4. The number of ether oxygens (including phenoxy) is 1. The minimum absolute atomic E-state index is 0.578. The molecule has 0 aliphatic heterocycles. The van der Waals surface area contributed by atoms with Crippen molar-refractivity contribution in [1.82, 2.24) is 19.7 Å². The summed E-state index contributed by atoms with van der Waals surface area (Å²) in [7, 11) is 3.74. The predicted molar refractivity (Wildman–Crippen MR) is 112 cm³/mol. The number of aromatic nitrogens is 3. The molecule has 0 amide bonds. The lowest BCUT2D eigenvalue weighted by Gasteiger charge is -2.17. The van der Waals surface area contributed by atoms with E-state index in [1.807, 2.05) is 37.3 Å². The van der Waals surface area contributed by atoms with E-state index >= 15 is 0 Å². The van der Waals surface area contributed by atoms with E-state index in [9.17, 15) is 0 Å². The molecule has 2 heterocycles. The van der Waals surface area contributed by atoms with Crippen LogP contribution >= 0.6 is 11.8 Å². The summed E-state index contributed by atoms with van der Waals surface area (Å²) in [6.07, 6.45) is 0. The number of benzene rings is 1. The Bertz CT molecular complexity index is 903. The highest BCUT2D eigenvalue weighted by Gasteiger charge is 2.17. The minimum atomic E-state index is 0.578. The topological polar surface area (TPSA) is 56.3 Å². The van der Waals surface area contributed by atoms with Crippen LogP contribution in [0.5, 0.6) is 5.75 Å². The molecule has 0 atom stereocenters. The number of hydrogen-bond acceptors (Lipinski definition) is 6. The van der Waals surface area contributed by atoms with Crippen molar-refractivity contribution in [2.45, 2.75) is 39.0 Å². The van der Waals surface area contributed by atoms with Crippen LogP contribution in [0.1, 0.15) is 31.2 Å². The zero-order valence-corrected chi connectivity index (χ0v) is 18.0. The molecule has 3 rings (SSSR count). The third-order valence-electron chi connectivity index (χ3n) is 4.19. The maximum Gasteiger partial charge on any atom is 0.195 e. The van der Waals surface area contributed by atoms with Crippen molar-refractivity contribution < 1.29 is 9.15 Å². The number of hydrogen-bond donors (Lipinski definition) is 0. The Labute approximate surface area is 170 Å². The highest BCUT2D eigenvalue weighted by atomic mass is 32.2. The standard InChI is InChI=1S/C21H28N4O2S/c1-15(2)14-28-21-23-22-20(13-24(4)12-19-10-9-16(3)27-19)25(21)17-7-6-8-18(11-17)26-5/h6-11,15H,12-14H2,1-5H3. The van der Waals surface area contributed by atoms with E-state index in [0.717, 1.165) is 39.7 Å². The number of thioether (sulfide) groups is 1. The first kappa shape index (κ1) is 20.5. The van der Waals surface area contributed by atoms with Crippen molar-refractivity contribution in [2.24, 2.45) is 5.92 Å². The van der Waals surface area contributed by atoms with E-state index in [4.69, 9.17) is 9.15 Å². The first-order chi connectivity index (χ1) is 13.5. The molecule has 28 heavy (non-hydrogen) atoms. The monoisotopic (exact) mass is 400 g/mol. The van der Waals surface area contributed by atoms with Crippen molar-refractivity contribution in [3.63, 3.8) is 0 Å². The fourth-order valence-corrected chi connectivity index (χ4v) is 3.80. The molecule has 6 nitrogen and oxygen atoms in total. The van der Waals surface area contributed by atoms with Gasteiger partial charge in [0.05, 0.1) is 25.9 Å². The Kier molecular flexibility index (Phi) is 6.80. The smallest absolute Gasteiger partial charge is 0.195 e. The first-order valence-electron chi connectivity index (χ1n) is 9.41. The third-order valence-corrected chi connectivity index (χ3v) is 5.55. The molecule has 3 aromatic rings. The quantitative estimate of drug-likeness (QED) is 0.491. The van der Waals surface area contributed by atoms with Gasteiger partial charge in [0, 0.05) is 11.8 Å². The molecule has 150 valence electrons. The molecular formula is C21H28N4O2S. The summed E-state index contributed by atoms with van der Waals surface area (Å²) in [5.41, 5.74) is 1.01. The van der Waals surface area contributed by atoms with Crippen molar-refractivity contribution in [3.05, 3.63) is 53.7 Å². The molecule has 0 unspecified atom stereocenters. The SMILES string of the molecule is COc1cccc(-n2c(CN(C)Cc3ccc(C)o3)nnc2SCC(C)C)c1. The predicted octanol–water partition coefficient (Wildman–Crippen LogP) is 4.56. The van der Waals surface area contributed by atoms with E-state index < -0.39 is 0 Å². The van der Waals surface area contributed by atoms with Gasteiger partial charge in [0.2, 0.25) is 0 Å². The van der Waals surface area contributed by atoms with Gasteiger partial charge in [0.25, 0.3) is 0 Å². The van der Waals surface area contributed by atoms with Gasteiger partial charge in [-0.2, -0.15) is 0 Å². The van der Waals surface area contributed by atoms with Gasteiger partial charge < -0.3 is 9.15 Å². The molecule has 0 N–H and O–H groups in total. The van der Waals surface area contributed by atoms with Gasteiger partial charge in [-0.25, -0.2) is 0 Å². The summed E-state index contributed by atoms with van der Waals surface area (Å²) >= 11 is 1.73. The van der Waals surface area contributed by atoms with E-state index in [-0.39, 0.29) is 0 Å². The molecule has 1 aromatic carbocycles. The molecule has 2 aromatic heterocycles. The Morgan fingerprint density at radius 3 is 2.68 bits per heavy atom. The highest BCUT2D eigenvalue weighted by molar-refractivity contribution is 7.99. The van der Waals surface area contributed by atoms with Crippen LogP contribution < -0.4 is 4.74 Å². The lowest BCUT2D eigenvalue weighted by molar-refractivity contribution is 0.277. The molecular weight excluding hydrogens is 372 g/mol. The maximum absolute atomic E-state index is 5.70. The largest absolute Gasteiger partial charge is 0.497 e. The molecule has 0 fully saturated rings. The molecule has 0 saturated heterocycles. The lowest BCUT2D eigenvalue weighted by atomic mass is 10.3. The molecule has 7 heteroatoms. The lowest BCUT2D eigenvalue weighted by Crippen LogP contribution is -2.20. The van der Waals surface area contributed by atoms with Crippen molar-refractivity contribution in [2.75, 3.05) is 19.9 Å². The maximum atomic E-state index is 5.70. The molecule has 0 radical (unpaired) electrons. The highest BCUT2D eigenvalue weighted by Crippen LogP contribution is 2.26. The Hall–Kier alpha value is -2.25. The fraction of sp³-hybridized carbons (Fsp3) is 0.429. The molecule has 0 bridgehead atoms. The second-order valence-corrected chi connectivity index (χ2v) is 8.31. The number of methoxy groups -OCH3 is 1. The van der Waals surface area contributed by atoms with Gasteiger partial charge in [-0.15, -0.1) is 10.2 Å². The second kappa shape index (κ2) is 9.30. The van der Waals surface area contributed by atoms with Gasteiger partial charge in [0.1, 0.15) is 17.3 Å². The zero-order valence-electron chi connectivity index (χ0n) is 17.2. The van der Waals surface area contributed by atoms with Crippen molar-refractivity contribution in [1.29, 1.82) is 0 Å². The third kappa shape index (κ3) is 5.17. The van der Waals surface area contributed by atoms with Crippen LogP contribution in [-0.4, -0.2) is 39.6 Å². The minimum Gasteiger partial charge on any atom is -0.497 e. The molecule has 0 aliphatic carbocycles. The van der Waals surface area contributed by atoms with Gasteiger partial charge in [0.15, 0.2) is 11.0 Å². The van der Waals surface area contributed by atoms with Gasteiger partial charge in [-0.3, -0.25) is 9.47 Å². The van der Waals surface area contributed by atoms with Crippen molar-refractivity contribution in [3.8, 4) is 11.4 Å².